The van der Waals surface area contributed by atoms with Crippen molar-refractivity contribution in [1.29, 1.82) is 0 Å². The lowest BCUT2D eigenvalue weighted by Crippen LogP contribution is -2.03. The molecule has 1 unspecified atom stereocenters. The number of phosphoric ester groups is 1. The molecular weight excluding hydrogens is 185 g/mol. The molecule has 0 amide bonds. The van der Waals surface area contributed by atoms with Crippen molar-refractivity contribution in [3.8, 4) is 23.1 Å². The number of aromatic nitrogens is 1. The molecule has 0 fully saturated rings. The molecule has 1 N–H and O–H groups in total. The van der Waals surface area contributed by atoms with Crippen LogP contribution in [0.2, 0.25) is 0 Å². The highest BCUT2D eigenvalue weighted by atomic mass is 31.2. The summed E-state index contributed by atoms with van der Waals surface area (Å²) in [4.78, 5) is 3.65. The molecule has 0 aromatic carbocycles. The second kappa shape index (κ2) is 1.51. The van der Waals surface area contributed by atoms with Crippen molar-refractivity contribution in [2.45, 2.75) is 0 Å². The first-order chi connectivity index (χ1) is 5.68. The van der Waals surface area contributed by atoms with Crippen LogP contribution < -0.4 is 13.6 Å². The molecule has 0 saturated heterocycles. The molecule has 2 aliphatic heterocycles. The molecule has 1 aromatic rings. The molecule has 0 saturated carbocycles. The Hall–Kier alpha value is -1.42. The van der Waals surface area contributed by atoms with E-state index in [-0.39, 0.29) is 23.1 Å². The van der Waals surface area contributed by atoms with E-state index < -0.39 is 7.82 Å². The molecular formula is C5H2NO5P. The summed E-state index contributed by atoms with van der Waals surface area (Å²) >= 11 is 0. The van der Waals surface area contributed by atoms with Gasteiger partial charge in [0, 0.05) is 0 Å². The highest BCUT2D eigenvalue weighted by Gasteiger charge is 2.49. The smallest absolute Gasteiger partial charge is 0.500 e. The maximum absolute atomic E-state index is 11.3. The number of phosphoric acid groups is 1. The molecule has 3 bridgehead atoms. The predicted molar refractivity (Wildman–Crippen MR) is 35.4 cm³/mol. The Morgan fingerprint density at radius 1 is 1.42 bits per heavy atom. The van der Waals surface area contributed by atoms with Gasteiger partial charge in [-0.05, 0) is 0 Å². The van der Waals surface area contributed by atoms with Gasteiger partial charge in [0.1, 0.15) is 0 Å². The van der Waals surface area contributed by atoms with E-state index in [0.29, 0.717) is 0 Å². The van der Waals surface area contributed by atoms with Gasteiger partial charge in [-0.3, -0.25) is 0 Å². The lowest BCUT2D eigenvalue weighted by atomic mass is 10.4. The minimum absolute atomic E-state index is 0.0505. The predicted octanol–water partition coefficient (Wildman–Crippen LogP) is 1.06. The molecule has 2 aliphatic rings. The van der Waals surface area contributed by atoms with E-state index in [1.54, 1.807) is 0 Å². The highest BCUT2D eigenvalue weighted by Crippen LogP contribution is 2.67. The summed E-state index contributed by atoms with van der Waals surface area (Å²) in [5.74, 6) is -0.177. The Morgan fingerprint density at radius 3 is 3.08 bits per heavy atom. The van der Waals surface area contributed by atoms with Crippen LogP contribution in [0.3, 0.4) is 0 Å². The number of nitrogens with zero attached hydrogens (tertiary/aromatic N) is 1. The van der Waals surface area contributed by atoms with Gasteiger partial charge in [0.05, 0.1) is 6.20 Å². The minimum atomic E-state index is -3.52. The molecule has 0 spiro atoms. The molecule has 1 atom stereocenters. The van der Waals surface area contributed by atoms with Gasteiger partial charge in [-0.1, -0.05) is 0 Å². The Kier molecular flexibility index (Phi) is 0.774. The van der Waals surface area contributed by atoms with Crippen molar-refractivity contribution in [3.05, 3.63) is 6.20 Å². The van der Waals surface area contributed by atoms with E-state index in [1.165, 1.54) is 6.20 Å². The molecule has 6 nitrogen and oxygen atoms in total. The third-order valence-corrected chi connectivity index (χ3v) is 2.78. The zero-order valence-electron chi connectivity index (χ0n) is 5.55. The zero-order valence-corrected chi connectivity index (χ0v) is 6.45. The zero-order chi connectivity index (χ0) is 8.34. The van der Waals surface area contributed by atoms with Crippen molar-refractivity contribution in [3.63, 3.8) is 0 Å². The van der Waals surface area contributed by atoms with Gasteiger partial charge in [0.25, 0.3) is 5.88 Å². The lowest BCUT2D eigenvalue weighted by molar-refractivity contribution is 0.300. The summed E-state index contributed by atoms with van der Waals surface area (Å²) < 4.78 is 25.5. The summed E-state index contributed by atoms with van der Waals surface area (Å²) in [5.41, 5.74) is 0. The Bertz CT molecular complexity index is 419. The van der Waals surface area contributed by atoms with E-state index >= 15 is 0 Å². The van der Waals surface area contributed by atoms with Crippen molar-refractivity contribution in [1.82, 2.24) is 4.98 Å². The lowest BCUT2D eigenvalue weighted by Gasteiger charge is -2.12. The first-order valence-electron chi connectivity index (χ1n) is 3.09. The van der Waals surface area contributed by atoms with Crippen molar-refractivity contribution >= 4 is 7.82 Å². The Labute approximate surface area is 66.3 Å². The fourth-order valence-corrected chi connectivity index (χ4v) is 2.29. The maximum atomic E-state index is 11.3. The first-order valence-corrected chi connectivity index (χ1v) is 4.55. The summed E-state index contributed by atoms with van der Waals surface area (Å²) in [5, 5.41) is 9.26. The molecule has 0 radical (unpaired) electrons. The highest BCUT2D eigenvalue weighted by molar-refractivity contribution is 7.50. The standard InChI is InChI=1S/C5H2NO5P/c7-3-4-2-1-6-5(3)11-12(8,9-2)10-4/h1,7H. The van der Waals surface area contributed by atoms with E-state index in [1.807, 2.05) is 0 Å². The van der Waals surface area contributed by atoms with E-state index in [9.17, 15) is 9.67 Å². The Morgan fingerprint density at radius 2 is 2.25 bits per heavy atom. The van der Waals surface area contributed by atoms with Gasteiger partial charge in [-0.2, -0.15) is 4.57 Å². The largest absolute Gasteiger partial charge is 0.648 e. The summed E-state index contributed by atoms with van der Waals surface area (Å²) in [6, 6.07) is 0. The quantitative estimate of drug-likeness (QED) is 0.611. The van der Waals surface area contributed by atoms with Crippen LogP contribution in [0.4, 0.5) is 0 Å². The third kappa shape index (κ3) is 0.527. The van der Waals surface area contributed by atoms with Crippen LogP contribution in [0, 0.1) is 0 Å². The van der Waals surface area contributed by atoms with Crippen LogP contribution in [0.1, 0.15) is 0 Å². The third-order valence-electron chi connectivity index (χ3n) is 1.55. The molecule has 1 aromatic heterocycles. The van der Waals surface area contributed by atoms with Gasteiger partial charge < -0.3 is 18.7 Å². The normalized spacial score (nSPS) is 27.7. The number of hydrogen-bond acceptors (Lipinski definition) is 6. The van der Waals surface area contributed by atoms with Gasteiger partial charge in [-0.15, -0.1) is 0 Å². The monoisotopic (exact) mass is 187 g/mol. The topological polar surface area (TPSA) is 77.9 Å². The Balaban J connectivity index is 2.43. The van der Waals surface area contributed by atoms with Crippen molar-refractivity contribution in [2.24, 2.45) is 0 Å². The molecule has 12 heavy (non-hydrogen) atoms. The van der Waals surface area contributed by atoms with Crippen LogP contribution in [0.25, 0.3) is 0 Å². The number of rotatable bonds is 0. The second-order valence-electron chi connectivity index (χ2n) is 2.33. The number of fused-ring (bicyclic) bond motifs is 2. The molecule has 3 heterocycles. The molecule has 3 rings (SSSR count). The average molecular weight is 187 g/mol. The van der Waals surface area contributed by atoms with E-state index in [0.717, 1.165) is 0 Å². The number of aromatic hydroxyl groups is 1. The summed E-state index contributed by atoms with van der Waals surface area (Å²) in [7, 11) is -3.52. The van der Waals surface area contributed by atoms with Gasteiger partial charge in [0.2, 0.25) is 11.5 Å². The average Bonchev–Trinajstić information content (AvgIpc) is 2.18. The van der Waals surface area contributed by atoms with E-state index in [2.05, 4.69) is 9.51 Å². The van der Waals surface area contributed by atoms with Gasteiger partial charge >= 0.3 is 7.82 Å². The maximum Gasteiger partial charge on any atom is 0.648 e. The van der Waals surface area contributed by atoms with Gasteiger partial charge in [-0.25, -0.2) is 4.98 Å². The van der Waals surface area contributed by atoms with Crippen LogP contribution in [0.5, 0.6) is 23.1 Å². The van der Waals surface area contributed by atoms with Crippen molar-refractivity contribution in [2.75, 3.05) is 0 Å². The number of hydrogen-bond donors (Lipinski definition) is 1. The van der Waals surface area contributed by atoms with Gasteiger partial charge in [0.15, 0.2) is 5.75 Å². The van der Waals surface area contributed by atoms with Crippen LogP contribution >= 0.6 is 7.82 Å². The summed E-state index contributed by atoms with van der Waals surface area (Å²) in [6.07, 6.45) is 1.29. The number of pyridine rings is 1. The molecule has 0 aliphatic carbocycles. The first kappa shape index (κ1) is 6.14. The SMILES string of the molecule is O=P12Oc3cnc(c(O)c3O1)O2. The van der Waals surface area contributed by atoms with Crippen LogP contribution in [0.15, 0.2) is 6.20 Å². The van der Waals surface area contributed by atoms with Crippen molar-refractivity contribution < 1.29 is 23.2 Å². The minimum Gasteiger partial charge on any atom is -0.500 e. The van der Waals surface area contributed by atoms with E-state index in [4.69, 9.17) is 9.05 Å². The van der Waals surface area contributed by atoms with Crippen LogP contribution in [-0.2, 0) is 4.57 Å². The fraction of sp³-hybridized carbons (Fsp3) is 0. The second-order valence-corrected chi connectivity index (χ2v) is 3.77. The van der Waals surface area contributed by atoms with Crippen LogP contribution in [-0.4, -0.2) is 10.1 Å². The molecule has 7 heteroatoms. The molecule has 62 valence electrons. The fourth-order valence-electron chi connectivity index (χ4n) is 1.06. The summed E-state index contributed by atoms with van der Waals surface area (Å²) in [6.45, 7) is 0.